The van der Waals surface area contributed by atoms with Crippen LogP contribution in [0.5, 0.6) is 0 Å². The Bertz CT molecular complexity index is 3490. The second-order valence-corrected chi connectivity index (χ2v) is 25.0. The van der Waals surface area contributed by atoms with E-state index in [4.69, 9.17) is 37.3 Å². The summed E-state index contributed by atoms with van der Waals surface area (Å²) in [5.41, 5.74) is -10.8. The lowest BCUT2D eigenvalue weighted by atomic mass is 9.96. The minimum atomic E-state index is -5.04. The number of nitrogens with one attached hydrogen (secondary N) is 1. The molecule has 0 aliphatic rings. The third-order valence-electron chi connectivity index (χ3n) is 12.1. The highest BCUT2D eigenvalue weighted by Gasteiger charge is 2.62. The largest absolute Gasteiger partial charge is 0.443 e. The molecule has 6 rings (SSSR count). The number of ether oxygens (including phenoxy) is 6. The molecule has 90 heavy (non-hydrogen) atoms. The summed E-state index contributed by atoms with van der Waals surface area (Å²) in [6.07, 6.45) is -13.6. The molecule has 4 amide bonds. The van der Waals surface area contributed by atoms with Crippen LogP contribution in [0.1, 0.15) is 143 Å². The fourth-order valence-corrected chi connectivity index (χ4v) is 8.24. The molecule has 488 valence electrons. The Morgan fingerprint density at radius 3 is 1.28 bits per heavy atom. The molecule has 6 aromatic rings. The molecule has 0 bridgehead atoms. The van der Waals surface area contributed by atoms with E-state index in [0.29, 0.717) is 26.5 Å². The van der Waals surface area contributed by atoms with Crippen molar-refractivity contribution in [2.24, 2.45) is 0 Å². The molecule has 2 atom stereocenters. The molecule has 28 heteroatoms. The zero-order chi connectivity index (χ0) is 67.6. The number of aromatic amines is 1. The van der Waals surface area contributed by atoms with Crippen molar-refractivity contribution < 1.29 is 82.8 Å². The van der Waals surface area contributed by atoms with Crippen LogP contribution in [0.15, 0.2) is 116 Å². The first-order valence-electron chi connectivity index (χ1n) is 27.9. The first-order chi connectivity index (χ1) is 41.6. The van der Waals surface area contributed by atoms with Crippen molar-refractivity contribution in [1.29, 1.82) is 0 Å². The van der Waals surface area contributed by atoms with Crippen LogP contribution in [-0.2, 0) is 52.8 Å². The van der Waals surface area contributed by atoms with Gasteiger partial charge in [0, 0.05) is 5.56 Å². The van der Waals surface area contributed by atoms with Crippen molar-refractivity contribution in [3.63, 3.8) is 0 Å². The average Bonchev–Trinajstić information content (AvgIpc) is 1.49. The standard InChI is InChI=1S/C31H36BrF3N4O6.C31H37F3N4O7/c1-9-10-16-30(31(33,34)35,42-18-20-14-12-11-13-15-20)25-38-37-24(43-25)22-21(17-19(2)23(32)36-22)39(26(40)44-28(3,4)5)27(41)45-29(6,7)8;1-9-10-16-30(31(32,33)34,42-18-20-14-12-11-13-15-20)25-37-36-24(43-25)22-21(17-19(2)23(39)35-22)38(26(40)44-28(3,4)5)27(41)45-29(6,7)8/h9,11-15,17H,1,10,16,18H2,2-8H3;9,11-15,17H,1,10,16,18H2,2-8H3,(H,35,39)/t2*30-/m11/s1. The van der Waals surface area contributed by atoms with E-state index in [0.717, 1.165) is 6.07 Å². The van der Waals surface area contributed by atoms with Crippen LogP contribution in [-0.4, -0.2) is 89.5 Å². The number of benzene rings is 2. The van der Waals surface area contributed by atoms with Gasteiger partial charge in [0.2, 0.25) is 11.2 Å². The Morgan fingerprint density at radius 1 is 0.556 bits per heavy atom. The van der Waals surface area contributed by atoms with Crippen molar-refractivity contribution in [2.75, 3.05) is 9.80 Å². The van der Waals surface area contributed by atoms with Crippen molar-refractivity contribution in [3.05, 3.63) is 147 Å². The predicted octanol–water partition coefficient (Wildman–Crippen LogP) is 16.2. The number of carbonyl (C=O) groups is 4. The van der Waals surface area contributed by atoms with Crippen molar-refractivity contribution in [2.45, 2.75) is 182 Å². The molecular weight excluding hydrogens is 1260 g/mol. The summed E-state index contributed by atoms with van der Waals surface area (Å²) in [5, 5.41) is 15.1. The number of rotatable bonds is 18. The smallest absolute Gasteiger partial charge is 0.426 e. The Kier molecular flexibility index (Phi) is 23.1. The maximum Gasteiger partial charge on any atom is 0.426 e. The number of carbonyl (C=O) groups excluding carboxylic acids is 4. The zero-order valence-electron chi connectivity index (χ0n) is 52.3. The number of hydrogen-bond acceptors (Lipinski definition) is 18. The molecule has 1 N–H and O–H groups in total. The molecule has 0 saturated heterocycles. The van der Waals surface area contributed by atoms with Crippen LogP contribution in [0.4, 0.5) is 56.9 Å². The lowest BCUT2D eigenvalue weighted by molar-refractivity contribution is -0.299. The summed E-state index contributed by atoms with van der Waals surface area (Å²) in [7, 11) is 0. The summed E-state index contributed by atoms with van der Waals surface area (Å²) in [6.45, 7) is 28.2. The molecule has 21 nitrogen and oxygen atoms in total. The van der Waals surface area contributed by atoms with E-state index in [-0.39, 0.29) is 40.1 Å². The van der Waals surface area contributed by atoms with E-state index in [1.54, 1.807) is 151 Å². The molecule has 4 aromatic heterocycles. The van der Waals surface area contributed by atoms with E-state index in [1.807, 2.05) is 0 Å². The Balaban J connectivity index is 0.000000327. The van der Waals surface area contributed by atoms with Gasteiger partial charge in [0.1, 0.15) is 32.7 Å². The Hall–Kier alpha value is -8.24. The minimum absolute atomic E-state index is 0.0485. The highest BCUT2D eigenvalue weighted by Crippen LogP contribution is 2.49. The van der Waals surface area contributed by atoms with E-state index < -0.39 is 131 Å². The maximum atomic E-state index is 14.9. The van der Waals surface area contributed by atoms with Gasteiger partial charge in [0.05, 0.1) is 24.6 Å². The van der Waals surface area contributed by atoms with E-state index in [9.17, 15) is 50.3 Å². The van der Waals surface area contributed by atoms with E-state index >= 15 is 0 Å². The van der Waals surface area contributed by atoms with Crippen LogP contribution >= 0.6 is 15.9 Å². The molecule has 0 saturated carbocycles. The van der Waals surface area contributed by atoms with Crippen LogP contribution in [0, 0.1) is 13.8 Å². The summed E-state index contributed by atoms with van der Waals surface area (Å²) in [4.78, 5) is 74.2. The summed E-state index contributed by atoms with van der Waals surface area (Å²) in [6, 6.07) is 19.1. The van der Waals surface area contributed by atoms with Gasteiger partial charge in [-0.3, -0.25) is 4.79 Å². The molecule has 0 spiro atoms. The SMILES string of the molecule is C=CCC[C@@](OCc1ccccc1)(c1nnc(-c2[nH]c(=O)c(C)cc2N(C(=O)OC(C)(C)C)C(=O)OC(C)(C)C)o1)C(F)(F)F.C=CCC[C@@](OCc1ccccc1)(c1nnc(-c2nc(Br)c(C)cc2N(C(=O)OC(C)(C)C)C(=O)OC(C)(C)C)o1)C(F)(F)F. The van der Waals surface area contributed by atoms with Gasteiger partial charge in [-0.25, -0.2) is 24.2 Å². The minimum Gasteiger partial charge on any atom is -0.443 e. The summed E-state index contributed by atoms with van der Waals surface area (Å²) >= 11 is 3.29. The molecule has 0 aliphatic heterocycles. The Labute approximate surface area is 524 Å². The van der Waals surface area contributed by atoms with Gasteiger partial charge in [-0.15, -0.1) is 33.6 Å². The number of anilines is 2. The Morgan fingerprint density at radius 2 is 0.911 bits per heavy atom. The number of halogens is 7. The van der Waals surface area contributed by atoms with Crippen molar-refractivity contribution in [1.82, 2.24) is 30.4 Å². The number of allylic oxidation sites excluding steroid dienone is 2. The van der Waals surface area contributed by atoms with Gasteiger partial charge in [-0.05, 0) is 167 Å². The van der Waals surface area contributed by atoms with Gasteiger partial charge >= 0.3 is 36.7 Å². The highest BCUT2D eigenvalue weighted by atomic mass is 79.9. The normalized spacial score (nSPS) is 13.6. The number of amides is 4. The topological polar surface area (TPSA) is 254 Å². The number of aryl methyl sites for hydroxylation is 2. The van der Waals surface area contributed by atoms with Crippen LogP contribution < -0.4 is 15.4 Å². The van der Waals surface area contributed by atoms with E-state index in [1.165, 1.54) is 25.1 Å². The first-order valence-corrected chi connectivity index (χ1v) is 28.7. The van der Waals surface area contributed by atoms with Crippen LogP contribution in [0.3, 0.4) is 0 Å². The third kappa shape index (κ3) is 18.9. The number of aromatic nitrogens is 6. The third-order valence-corrected chi connectivity index (χ3v) is 12.9. The predicted molar refractivity (Wildman–Crippen MR) is 322 cm³/mol. The van der Waals surface area contributed by atoms with Gasteiger partial charge in [0.25, 0.3) is 29.1 Å². The first kappa shape index (κ1) is 72.5. The lowest BCUT2D eigenvalue weighted by Crippen LogP contribution is -2.45. The fraction of sp³-hybridized carbons (Fsp3) is 0.452. The quantitative estimate of drug-likeness (QED) is 0.0363. The maximum absolute atomic E-state index is 14.9. The fourth-order valence-electron chi connectivity index (χ4n) is 7.95. The van der Waals surface area contributed by atoms with Crippen LogP contribution in [0.2, 0.25) is 0 Å². The van der Waals surface area contributed by atoms with Gasteiger partial charge in [0.15, 0.2) is 5.69 Å². The molecular formula is C62H73BrF6N8O13. The molecule has 0 fully saturated rings. The van der Waals surface area contributed by atoms with Gasteiger partial charge < -0.3 is 42.2 Å². The van der Waals surface area contributed by atoms with E-state index in [2.05, 4.69) is 59.5 Å². The number of nitrogens with zero attached hydrogens (tertiary/aromatic N) is 7. The molecule has 0 radical (unpaired) electrons. The number of hydrogen-bond donors (Lipinski definition) is 1. The molecule has 2 aromatic carbocycles. The van der Waals surface area contributed by atoms with Crippen LogP contribution in [0.25, 0.3) is 23.2 Å². The van der Waals surface area contributed by atoms with Gasteiger partial charge in [-0.2, -0.15) is 36.1 Å². The monoisotopic (exact) mass is 1330 g/mol. The van der Waals surface area contributed by atoms with Crippen molar-refractivity contribution >= 4 is 51.7 Å². The zero-order valence-corrected chi connectivity index (χ0v) is 53.9. The number of H-pyrrole nitrogens is 1. The second kappa shape index (κ2) is 28.7. The second-order valence-electron chi connectivity index (χ2n) is 24.3. The molecule has 4 heterocycles. The van der Waals surface area contributed by atoms with Gasteiger partial charge in [-0.1, -0.05) is 72.8 Å². The number of pyridine rings is 2. The number of imide groups is 2. The number of alkyl halides is 6. The molecule has 0 unspecified atom stereocenters. The van der Waals surface area contributed by atoms with Crippen molar-refractivity contribution in [3.8, 4) is 23.2 Å². The molecule has 0 aliphatic carbocycles. The highest BCUT2D eigenvalue weighted by molar-refractivity contribution is 9.10. The summed E-state index contributed by atoms with van der Waals surface area (Å²) in [5.74, 6) is -3.01. The lowest BCUT2D eigenvalue weighted by Gasteiger charge is -2.32. The average molecular weight is 1330 g/mol. The summed E-state index contributed by atoms with van der Waals surface area (Å²) < 4.78 is 134.